The molecule has 1 aliphatic heterocycles. The third-order valence-electron chi connectivity index (χ3n) is 3.37. The first kappa shape index (κ1) is 16.3. The van der Waals surface area contributed by atoms with Crippen LogP contribution in [0.5, 0.6) is 0 Å². The van der Waals surface area contributed by atoms with E-state index in [4.69, 9.17) is 9.47 Å². The van der Waals surface area contributed by atoms with Gasteiger partial charge in [-0.1, -0.05) is 44.7 Å². The van der Waals surface area contributed by atoms with E-state index in [0.29, 0.717) is 6.61 Å². The minimum Gasteiger partial charge on any atom is -0.456 e. The Labute approximate surface area is 132 Å². The predicted octanol–water partition coefficient (Wildman–Crippen LogP) is 3.22. The van der Waals surface area contributed by atoms with Crippen molar-refractivity contribution < 1.29 is 14.3 Å². The van der Waals surface area contributed by atoms with Gasteiger partial charge in [0, 0.05) is 12.5 Å². The first-order valence-electron chi connectivity index (χ1n) is 7.44. The van der Waals surface area contributed by atoms with Gasteiger partial charge >= 0.3 is 5.97 Å². The monoisotopic (exact) mass is 298 g/mol. The van der Waals surface area contributed by atoms with Gasteiger partial charge in [0.2, 0.25) is 0 Å². The fourth-order valence-corrected chi connectivity index (χ4v) is 2.12. The van der Waals surface area contributed by atoms with E-state index in [0.717, 1.165) is 5.56 Å². The van der Waals surface area contributed by atoms with Crippen LogP contribution in [0.3, 0.4) is 0 Å². The molecule has 1 aromatic carbocycles. The molecule has 3 heteroatoms. The van der Waals surface area contributed by atoms with Crippen molar-refractivity contribution in [2.75, 3.05) is 6.61 Å². The molecule has 1 heterocycles. The highest BCUT2D eigenvalue weighted by Crippen LogP contribution is 2.21. The number of carbonyl (C=O) groups is 1. The Morgan fingerprint density at radius 2 is 1.91 bits per heavy atom. The van der Waals surface area contributed by atoms with Crippen LogP contribution in [0, 0.1) is 11.8 Å². The molecule has 0 aromatic heterocycles. The molecule has 0 unspecified atom stereocenters. The zero-order valence-electron chi connectivity index (χ0n) is 13.6. The predicted molar refractivity (Wildman–Crippen MR) is 86.5 cm³/mol. The fraction of sp³-hybridized carbons (Fsp3) is 0.421. The van der Waals surface area contributed by atoms with Gasteiger partial charge in [-0.05, 0) is 35.3 Å². The van der Waals surface area contributed by atoms with Gasteiger partial charge in [0.15, 0.2) is 0 Å². The number of rotatable bonds is 1. The van der Waals surface area contributed by atoms with Crippen molar-refractivity contribution in [3.63, 3.8) is 0 Å². The molecular weight excluding hydrogens is 276 g/mol. The minimum atomic E-state index is -0.304. The zero-order valence-corrected chi connectivity index (χ0v) is 13.6. The summed E-state index contributed by atoms with van der Waals surface area (Å²) in [5.41, 5.74) is 2.40. The second-order valence-electron chi connectivity index (χ2n) is 6.38. The van der Waals surface area contributed by atoms with Crippen LogP contribution < -0.4 is 0 Å². The average Bonchev–Trinajstić information content (AvgIpc) is 2.45. The Hall–Kier alpha value is -2.05. The Morgan fingerprint density at radius 1 is 1.23 bits per heavy atom. The highest BCUT2D eigenvalue weighted by atomic mass is 16.6. The smallest absolute Gasteiger partial charge is 0.303 e. The van der Waals surface area contributed by atoms with Gasteiger partial charge in [-0.15, -0.1) is 0 Å². The van der Waals surface area contributed by atoms with Crippen LogP contribution in [0.25, 0.3) is 0 Å². The van der Waals surface area contributed by atoms with Gasteiger partial charge in [0.25, 0.3) is 0 Å². The van der Waals surface area contributed by atoms with E-state index in [-0.39, 0.29) is 23.6 Å². The summed E-state index contributed by atoms with van der Waals surface area (Å²) >= 11 is 0. The summed E-state index contributed by atoms with van der Waals surface area (Å²) in [6, 6.07) is 8.28. The number of hydrogen-bond acceptors (Lipinski definition) is 3. The van der Waals surface area contributed by atoms with Crippen LogP contribution in [0.1, 0.15) is 38.8 Å². The van der Waals surface area contributed by atoms with Crippen LogP contribution in [0.4, 0.5) is 0 Å². The molecule has 2 atom stereocenters. The minimum absolute atomic E-state index is 0.146. The number of esters is 1. The van der Waals surface area contributed by atoms with Crippen LogP contribution in [0.15, 0.2) is 36.4 Å². The van der Waals surface area contributed by atoms with E-state index in [1.807, 2.05) is 24.3 Å². The lowest BCUT2D eigenvalue weighted by atomic mass is 9.87. The second-order valence-corrected chi connectivity index (χ2v) is 6.38. The molecule has 0 aliphatic carbocycles. The highest BCUT2D eigenvalue weighted by Gasteiger charge is 2.16. The van der Waals surface area contributed by atoms with Gasteiger partial charge < -0.3 is 9.47 Å². The molecule has 0 bridgehead atoms. The molecule has 116 valence electrons. The second kappa shape index (κ2) is 6.81. The lowest BCUT2D eigenvalue weighted by Gasteiger charge is -2.20. The van der Waals surface area contributed by atoms with Gasteiger partial charge in [-0.2, -0.15) is 0 Å². The number of benzene rings is 1. The maximum Gasteiger partial charge on any atom is 0.303 e. The SMILES string of the molecule is CC(=O)O[C@@H]1C=C[C@@H](C#Cc2ccc(C(C)(C)C)cc2)OC1. The van der Waals surface area contributed by atoms with E-state index >= 15 is 0 Å². The van der Waals surface area contributed by atoms with Crippen molar-refractivity contribution in [3.05, 3.63) is 47.5 Å². The topological polar surface area (TPSA) is 35.5 Å². The Bertz CT molecular complexity index is 609. The zero-order chi connectivity index (χ0) is 16.2. The van der Waals surface area contributed by atoms with E-state index in [1.165, 1.54) is 12.5 Å². The summed E-state index contributed by atoms with van der Waals surface area (Å²) in [6.07, 6.45) is 3.09. The Balaban J connectivity index is 1.98. The molecule has 22 heavy (non-hydrogen) atoms. The lowest BCUT2D eigenvalue weighted by molar-refractivity contribution is -0.147. The summed E-state index contributed by atoms with van der Waals surface area (Å²) < 4.78 is 10.6. The van der Waals surface area contributed by atoms with Crippen molar-refractivity contribution >= 4 is 5.97 Å². The lowest BCUT2D eigenvalue weighted by Crippen LogP contribution is -2.27. The van der Waals surface area contributed by atoms with Gasteiger partial charge in [-0.3, -0.25) is 4.79 Å². The Morgan fingerprint density at radius 3 is 2.41 bits per heavy atom. The van der Waals surface area contributed by atoms with Crippen molar-refractivity contribution in [2.45, 2.75) is 45.3 Å². The summed E-state index contributed by atoms with van der Waals surface area (Å²) in [5.74, 6) is 5.88. The largest absolute Gasteiger partial charge is 0.456 e. The third-order valence-corrected chi connectivity index (χ3v) is 3.37. The standard InChI is InChI=1S/C19H22O3/c1-14(20)22-18-12-11-17(21-13-18)10-7-15-5-8-16(9-6-15)19(2,3)4/h5-6,8-9,11-12,17-18H,13H2,1-4H3/t17-,18-/m1/s1. The maximum absolute atomic E-state index is 10.9. The molecule has 0 radical (unpaired) electrons. The van der Waals surface area contributed by atoms with Crippen molar-refractivity contribution in [2.24, 2.45) is 0 Å². The molecule has 0 spiro atoms. The maximum atomic E-state index is 10.9. The average molecular weight is 298 g/mol. The van der Waals surface area contributed by atoms with E-state index in [9.17, 15) is 4.79 Å². The number of carbonyl (C=O) groups excluding carboxylic acids is 1. The van der Waals surface area contributed by atoms with Crippen LogP contribution in [0.2, 0.25) is 0 Å². The quantitative estimate of drug-likeness (QED) is 0.454. The Kier molecular flexibility index (Phi) is 5.05. The first-order chi connectivity index (χ1) is 10.3. The highest BCUT2D eigenvalue weighted by molar-refractivity contribution is 5.66. The summed E-state index contributed by atoms with van der Waals surface area (Å²) in [5, 5.41) is 0. The van der Waals surface area contributed by atoms with Gasteiger partial charge in [0.05, 0.1) is 6.61 Å². The van der Waals surface area contributed by atoms with Crippen molar-refractivity contribution in [1.29, 1.82) is 0 Å². The molecule has 0 saturated heterocycles. The summed E-state index contributed by atoms with van der Waals surface area (Å²) in [7, 11) is 0. The first-order valence-corrected chi connectivity index (χ1v) is 7.44. The van der Waals surface area contributed by atoms with Crippen molar-refractivity contribution in [1.82, 2.24) is 0 Å². The molecule has 0 amide bonds. The van der Waals surface area contributed by atoms with E-state index in [1.54, 1.807) is 0 Å². The van der Waals surface area contributed by atoms with Gasteiger partial charge in [0.1, 0.15) is 12.2 Å². The molecule has 1 aromatic rings. The normalized spacial score (nSPS) is 20.9. The third kappa shape index (κ3) is 4.75. The summed E-state index contributed by atoms with van der Waals surface area (Å²) in [6.45, 7) is 8.30. The summed E-state index contributed by atoms with van der Waals surface area (Å²) in [4.78, 5) is 10.9. The van der Waals surface area contributed by atoms with E-state index in [2.05, 4.69) is 44.7 Å². The van der Waals surface area contributed by atoms with Crippen LogP contribution >= 0.6 is 0 Å². The van der Waals surface area contributed by atoms with Crippen LogP contribution in [-0.4, -0.2) is 24.8 Å². The molecular formula is C19H22O3. The van der Waals surface area contributed by atoms with Gasteiger partial charge in [-0.25, -0.2) is 0 Å². The van der Waals surface area contributed by atoms with Crippen molar-refractivity contribution in [3.8, 4) is 11.8 Å². The fourth-order valence-electron chi connectivity index (χ4n) is 2.12. The molecule has 0 fully saturated rings. The molecule has 0 N–H and O–H groups in total. The van der Waals surface area contributed by atoms with E-state index < -0.39 is 0 Å². The molecule has 0 saturated carbocycles. The molecule has 2 rings (SSSR count). The number of hydrogen-bond donors (Lipinski definition) is 0. The van der Waals surface area contributed by atoms with Crippen LogP contribution in [-0.2, 0) is 19.7 Å². The molecule has 1 aliphatic rings. The molecule has 3 nitrogen and oxygen atoms in total. The number of ether oxygens (including phenoxy) is 2.